The van der Waals surface area contributed by atoms with Crippen LogP contribution >= 0.6 is 0 Å². The van der Waals surface area contributed by atoms with Gasteiger partial charge in [-0.1, -0.05) is 42.5 Å². The van der Waals surface area contributed by atoms with E-state index in [1.807, 2.05) is 48.5 Å². The van der Waals surface area contributed by atoms with Crippen molar-refractivity contribution in [1.29, 1.82) is 0 Å². The zero-order valence-corrected chi connectivity index (χ0v) is 14.4. The van der Waals surface area contributed by atoms with E-state index in [-0.39, 0.29) is 36.7 Å². The molecule has 1 N–H and O–H groups in total. The van der Waals surface area contributed by atoms with Gasteiger partial charge in [0, 0.05) is 11.8 Å². The Morgan fingerprint density at radius 2 is 1.77 bits per heavy atom. The number of carbonyl (C=O) groups excluding carboxylic acids is 2. The summed E-state index contributed by atoms with van der Waals surface area (Å²) in [6.45, 7) is 1.98. The van der Waals surface area contributed by atoms with Crippen LogP contribution in [0.1, 0.15) is 30.3 Å². The van der Waals surface area contributed by atoms with Crippen LogP contribution in [0, 0.1) is 0 Å². The van der Waals surface area contributed by atoms with Crippen LogP contribution in [0.25, 0.3) is 22.0 Å². The summed E-state index contributed by atoms with van der Waals surface area (Å²) in [4.78, 5) is 28.1. The number of carbonyl (C=O) groups is 2. The molecule has 0 bridgehead atoms. The molecule has 0 aliphatic carbocycles. The number of aromatic nitrogens is 1. The third kappa shape index (κ3) is 3.88. The van der Waals surface area contributed by atoms with Crippen LogP contribution in [0.5, 0.6) is 5.75 Å². The third-order valence-electron chi connectivity index (χ3n) is 4.03. The first-order valence-electron chi connectivity index (χ1n) is 8.46. The van der Waals surface area contributed by atoms with Gasteiger partial charge in [-0.15, -0.1) is 0 Å². The second-order valence-electron chi connectivity index (χ2n) is 5.86. The molecule has 0 amide bonds. The molecular weight excluding hydrogens is 330 g/mol. The van der Waals surface area contributed by atoms with Crippen LogP contribution in [0.4, 0.5) is 0 Å². The smallest absolute Gasteiger partial charge is 0.306 e. The van der Waals surface area contributed by atoms with Gasteiger partial charge in [0.2, 0.25) is 0 Å². The molecule has 3 aromatic rings. The second kappa shape index (κ2) is 7.78. The topological polar surface area (TPSA) is 76.5 Å². The number of Topliss-reactive ketones (excluding diaryl/α,β-unsaturated/α-hetero) is 1. The highest BCUT2D eigenvalue weighted by Gasteiger charge is 2.16. The van der Waals surface area contributed by atoms with E-state index in [1.165, 1.54) is 6.07 Å². The molecule has 0 atom stereocenters. The number of benzene rings is 2. The summed E-state index contributed by atoms with van der Waals surface area (Å²) in [5, 5.41) is 10.9. The van der Waals surface area contributed by atoms with Gasteiger partial charge in [-0.05, 0) is 30.2 Å². The molecule has 0 unspecified atom stereocenters. The number of aromatic hydroxyl groups is 1. The van der Waals surface area contributed by atoms with Crippen molar-refractivity contribution in [2.45, 2.75) is 19.8 Å². The van der Waals surface area contributed by atoms with Gasteiger partial charge in [0.1, 0.15) is 11.4 Å². The average molecular weight is 349 g/mol. The van der Waals surface area contributed by atoms with E-state index >= 15 is 0 Å². The van der Waals surface area contributed by atoms with Gasteiger partial charge in [0.15, 0.2) is 5.78 Å². The van der Waals surface area contributed by atoms with Crippen molar-refractivity contribution in [3.05, 3.63) is 60.3 Å². The molecule has 0 aliphatic heterocycles. The lowest BCUT2D eigenvalue weighted by Crippen LogP contribution is -2.09. The standard InChI is InChI=1S/C21H19NO4/c1-2-26-20(25)11-10-18(23)21-19(24)13-16-9-8-15(12-17(16)22-21)14-6-4-3-5-7-14/h3-9,12-13,24H,2,10-11H2,1H3. The summed E-state index contributed by atoms with van der Waals surface area (Å²) in [5.74, 6) is -1.01. The Bertz CT molecular complexity index is 951. The molecular formula is C21H19NO4. The normalized spacial score (nSPS) is 10.7. The number of pyridine rings is 1. The number of rotatable bonds is 6. The van der Waals surface area contributed by atoms with Crippen LogP contribution in [0.3, 0.4) is 0 Å². The Morgan fingerprint density at radius 3 is 2.50 bits per heavy atom. The van der Waals surface area contributed by atoms with E-state index in [2.05, 4.69) is 4.98 Å². The van der Waals surface area contributed by atoms with E-state index in [4.69, 9.17) is 4.74 Å². The highest BCUT2D eigenvalue weighted by atomic mass is 16.5. The molecule has 132 valence electrons. The fourth-order valence-electron chi connectivity index (χ4n) is 2.74. The van der Waals surface area contributed by atoms with Crippen molar-refractivity contribution in [2.24, 2.45) is 0 Å². The Hall–Kier alpha value is -3.21. The lowest BCUT2D eigenvalue weighted by molar-refractivity contribution is -0.143. The Morgan fingerprint density at radius 1 is 1.00 bits per heavy atom. The SMILES string of the molecule is CCOC(=O)CCC(=O)c1nc2cc(-c3ccccc3)ccc2cc1O. The van der Waals surface area contributed by atoms with Crippen molar-refractivity contribution in [1.82, 2.24) is 4.98 Å². The molecule has 0 saturated heterocycles. The number of ketones is 1. The van der Waals surface area contributed by atoms with E-state index in [1.54, 1.807) is 6.92 Å². The highest BCUT2D eigenvalue weighted by Crippen LogP contribution is 2.27. The zero-order chi connectivity index (χ0) is 18.5. The maximum absolute atomic E-state index is 12.3. The van der Waals surface area contributed by atoms with Gasteiger partial charge in [-0.3, -0.25) is 9.59 Å². The summed E-state index contributed by atoms with van der Waals surface area (Å²) < 4.78 is 4.82. The van der Waals surface area contributed by atoms with Gasteiger partial charge in [0.25, 0.3) is 0 Å². The number of fused-ring (bicyclic) bond motifs is 1. The number of nitrogens with zero attached hydrogens (tertiary/aromatic N) is 1. The molecule has 0 aliphatic rings. The lowest BCUT2D eigenvalue weighted by Gasteiger charge is -2.08. The van der Waals surface area contributed by atoms with E-state index in [0.29, 0.717) is 5.52 Å². The molecule has 0 fully saturated rings. The van der Waals surface area contributed by atoms with Crippen molar-refractivity contribution in [3.63, 3.8) is 0 Å². The first-order valence-corrected chi connectivity index (χ1v) is 8.46. The fourth-order valence-corrected chi connectivity index (χ4v) is 2.74. The molecule has 0 saturated carbocycles. The van der Waals surface area contributed by atoms with Gasteiger partial charge < -0.3 is 9.84 Å². The predicted octanol–water partition coefficient (Wildman–Crippen LogP) is 4.13. The summed E-state index contributed by atoms with van der Waals surface area (Å²) in [6.07, 6.45) is -0.0842. The number of hydrogen-bond donors (Lipinski definition) is 1. The quantitative estimate of drug-likeness (QED) is 0.535. The maximum atomic E-state index is 12.3. The van der Waals surface area contributed by atoms with Crippen molar-refractivity contribution >= 4 is 22.7 Å². The van der Waals surface area contributed by atoms with E-state index < -0.39 is 5.97 Å². The molecule has 5 nitrogen and oxygen atoms in total. The second-order valence-corrected chi connectivity index (χ2v) is 5.86. The van der Waals surface area contributed by atoms with Crippen molar-refractivity contribution in [3.8, 4) is 16.9 Å². The maximum Gasteiger partial charge on any atom is 0.306 e. The van der Waals surface area contributed by atoms with Crippen LogP contribution in [-0.2, 0) is 9.53 Å². The lowest BCUT2D eigenvalue weighted by atomic mass is 10.0. The van der Waals surface area contributed by atoms with Crippen LogP contribution in [0.2, 0.25) is 0 Å². The minimum Gasteiger partial charge on any atom is -0.506 e. The first kappa shape index (κ1) is 17.6. The Labute approximate surface area is 151 Å². The van der Waals surface area contributed by atoms with Crippen LogP contribution < -0.4 is 0 Å². The molecule has 0 spiro atoms. The average Bonchev–Trinajstić information content (AvgIpc) is 2.66. The van der Waals surface area contributed by atoms with Gasteiger partial charge >= 0.3 is 5.97 Å². The predicted molar refractivity (Wildman–Crippen MR) is 99.0 cm³/mol. The van der Waals surface area contributed by atoms with Gasteiger partial charge in [-0.2, -0.15) is 0 Å². The molecule has 1 heterocycles. The molecule has 0 radical (unpaired) electrons. The Balaban J connectivity index is 1.90. The molecule has 5 heteroatoms. The molecule has 3 rings (SSSR count). The van der Waals surface area contributed by atoms with Crippen LogP contribution in [-0.4, -0.2) is 28.4 Å². The minimum atomic E-state index is -0.438. The summed E-state index contributed by atoms with van der Waals surface area (Å²) in [5.41, 5.74) is 2.61. The number of ether oxygens (including phenoxy) is 1. The molecule has 1 aromatic heterocycles. The minimum absolute atomic E-state index is 0.0213. The number of esters is 1. The van der Waals surface area contributed by atoms with E-state index in [9.17, 15) is 14.7 Å². The monoisotopic (exact) mass is 349 g/mol. The summed E-state index contributed by atoms with van der Waals surface area (Å²) in [7, 11) is 0. The first-order chi connectivity index (χ1) is 12.6. The third-order valence-corrected chi connectivity index (χ3v) is 4.03. The zero-order valence-electron chi connectivity index (χ0n) is 14.4. The van der Waals surface area contributed by atoms with Gasteiger partial charge in [0.05, 0.1) is 18.5 Å². The Kier molecular flexibility index (Phi) is 5.27. The molecule has 2 aromatic carbocycles. The van der Waals surface area contributed by atoms with Gasteiger partial charge in [-0.25, -0.2) is 4.98 Å². The van der Waals surface area contributed by atoms with Crippen LogP contribution in [0.15, 0.2) is 54.6 Å². The summed E-state index contributed by atoms with van der Waals surface area (Å²) in [6, 6.07) is 17.0. The summed E-state index contributed by atoms with van der Waals surface area (Å²) >= 11 is 0. The fraction of sp³-hybridized carbons (Fsp3) is 0.190. The molecule has 26 heavy (non-hydrogen) atoms. The van der Waals surface area contributed by atoms with E-state index in [0.717, 1.165) is 16.5 Å². The number of hydrogen-bond acceptors (Lipinski definition) is 5. The van der Waals surface area contributed by atoms with Crippen molar-refractivity contribution < 1.29 is 19.4 Å². The largest absolute Gasteiger partial charge is 0.506 e. The highest BCUT2D eigenvalue weighted by molar-refractivity contribution is 6.00. The van der Waals surface area contributed by atoms with Crippen molar-refractivity contribution in [2.75, 3.05) is 6.61 Å².